The molecule has 0 saturated heterocycles. The van der Waals surface area contributed by atoms with Gasteiger partial charge in [-0.3, -0.25) is 4.79 Å². The van der Waals surface area contributed by atoms with Gasteiger partial charge in [0.25, 0.3) is 0 Å². The van der Waals surface area contributed by atoms with Crippen LogP contribution in [0.5, 0.6) is 0 Å². The average Bonchev–Trinajstić information content (AvgIpc) is 2.97. The lowest BCUT2D eigenvalue weighted by molar-refractivity contribution is -0.119. The highest BCUT2D eigenvalue weighted by Gasteiger charge is 2.20. The van der Waals surface area contributed by atoms with E-state index < -0.39 is 0 Å². The third kappa shape index (κ3) is 4.17. The second-order valence-electron chi connectivity index (χ2n) is 6.54. The largest absolute Gasteiger partial charge is 0.353 e. The van der Waals surface area contributed by atoms with Crippen molar-refractivity contribution in [1.82, 2.24) is 20.1 Å². The summed E-state index contributed by atoms with van der Waals surface area (Å²) in [7, 11) is 1.94. The topological polar surface area (TPSA) is 59.8 Å². The zero-order valence-electron chi connectivity index (χ0n) is 14.2. The lowest BCUT2D eigenvalue weighted by Crippen LogP contribution is -2.38. The number of benzene rings is 1. The van der Waals surface area contributed by atoms with Crippen LogP contribution in [-0.4, -0.2) is 32.5 Å². The van der Waals surface area contributed by atoms with Crippen molar-refractivity contribution in [2.75, 3.05) is 5.75 Å². The number of hydrogen-bond acceptors (Lipinski definition) is 4. The second kappa shape index (κ2) is 7.83. The molecular formula is C18H24N4OS. The number of nitrogens with zero attached hydrogens (tertiary/aromatic N) is 3. The number of hydrogen-bond donors (Lipinski definition) is 1. The third-order valence-electron chi connectivity index (χ3n) is 4.58. The number of rotatable bonds is 5. The summed E-state index contributed by atoms with van der Waals surface area (Å²) in [6, 6.07) is 10.3. The molecule has 5 nitrogen and oxygen atoms in total. The molecular weight excluding hydrogens is 320 g/mol. The first-order valence-corrected chi connectivity index (χ1v) is 9.49. The van der Waals surface area contributed by atoms with Gasteiger partial charge in [-0.2, -0.15) is 0 Å². The predicted octanol–water partition coefficient (Wildman–Crippen LogP) is 3.27. The standard InChI is InChI=1S/C18H24N4OS/c1-13-8-10-15(11-9-13)19-16(23)12-24-18-21-20-17(22(18)2)14-6-4-3-5-7-14/h3-7,13,15H,8-12H2,1-2H3,(H,19,23). The number of carbonyl (C=O) groups is 1. The molecule has 1 fully saturated rings. The van der Waals surface area contributed by atoms with Crippen LogP contribution >= 0.6 is 11.8 Å². The van der Waals surface area contributed by atoms with E-state index in [0.717, 1.165) is 35.3 Å². The van der Waals surface area contributed by atoms with Crippen molar-refractivity contribution < 1.29 is 4.79 Å². The van der Waals surface area contributed by atoms with Gasteiger partial charge in [-0.25, -0.2) is 0 Å². The van der Waals surface area contributed by atoms with E-state index in [2.05, 4.69) is 22.4 Å². The fraction of sp³-hybridized carbons (Fsp3) is 0.500. The molecule has 3 rings (SSSR count). The summed E-state index contributed by atoms with van der Waals surface area (Å²) in [4.78, 5) is 12.2. The molecule has 1 amide bonds. The Labute approximate surface area is 147 Å². The maximum atomic E-state index is 12.2. The lowest BCUT2D eigenvalue weighted by Gasteiger charge is -2.26. The highest BCUT2D eigenvalue weighted by molar-refractivity contribution is 7.99. The molecule has 0 radical (unpaired) electrons. The molecule has 0 bridgehead atoms. The number of carbonyl (C=O) groups excluding carboxylic acids is 1. The van der Waals surface area contributed by atoms with E-state index >= 15 is 0 Å². The molecule has 2 aromatic rings. The van der Waals surface area contributed by atoms with Gasteiger partial charge in [-0.05, 0) is 31.6 Å². The first kappa shape index (κ1) is 17.0. The van der Waals surface area contributed by atoms with Crippen LogP contribution in [0.1, 0.15) is 32.6 Å². The van der Waals surface area contributed by atoms with E-state index in [0.29, 0.717) is 11.8 Å². The fourth-order valence-electron chi connectivity index (χ4n) is 3.08. The second-order valence-corrected chi connectivity index (χ2v) is 7.49. The van der Waals surface area contributed by atoms with Crippen LogP contribution in [0.2, 0.25) is 0 Å². The Morgan fingerprint density at radius 2 is 1.92 bits per heavy atom. The fourth-order valence-corrected chi connectivity index (χ4v) is 3.81. The summed E-state index contributed by atoms with van der Waals surface area (Å²) in [6.45, 7) is 2.28. The van der Waals surface area contributed by atoms with E-state index in [1.165, 1.54) is 24.6 Å². The Morgan fingerprint density at radius 3 is 2.62 bits per heavy atom. The van der Waals surface area contributed by atoms with Gasteiger partial charge in [0.1, 0.15) is 0 Å². The van der Waals surface area contributed by atoms with E-state index in [4.69, 9.17) is 0 Å². The molecule has 1 aromatic carbocycles. The summed E-state index contributed by atoms with van der Waals surface area (Å²) >= 11 is 1.44. The molecule has 0 spiro atoms. The monoisotopic (exact) mass is 344 g/mol. The van der Waals surface area contributed by atoms with Crippen molar-refractivity contribution in [3.8, 4) is 11.4 Å². The zero-order chi connectivity index (χ0) is 16.9. The Kier molecular flexibility index (Phi) is 5.56. The smallest absolute Gasteiger partial charge is 0.230 e. The zero-order valence-corrected chi connectivity index (χ0v) is 15.1. The van der Waals surface area contributed by atoms with Gasteiger partial charge < -0.3 is 9.88 Å². The van der Waals surface area contributed by atoms with Crippen LogP contribution in [0, 0.1) is 5.92 Å². The highest BCUT2D eigenvalue weighted by Crippen LogP contribution is 2.24. The molecule has 1 saturated carbocycles. The van der Waals surface area contributed by atoms with Crippen LogP contribution in [0.3, 0.4) is 0 Å². The lowest BCUT2D eigenvalue weighted by atomic mass is 9.87. The van der Waals surface area contributed by atoms with E-state index in [1.807, 2.05) is 41.9 Å². The molecule has 1 heterocycles. The van der Waals surface area contributed by atoms with Gasteiger partial charge in [0, 0.05) is 18.7 Å². The predicted molar refractivity (Wildman–Crippen MR) is 96.7 cm³/mol. The number of thioether (sulfide) groups is 1. The van der Waals surface area contributed by atoms with Crippen molar-refractivity contribution in [2.45, 2.75) is 43.8 Å². The van der Waals surface area contributed by atoms with Crippen LogP contribution < -0.4 is 5.32 Å². The average molecular weight is 344 g/mol. The Bertz CT molecular complexity index is 678. The molecule has 1 aliphatic carbocycles. The summed E-state index contributed by atoms with van der Waals surface area (Å²) in [5.41, 5.74) is 1.03. The molecule has 24 heavy (non-hydrogen) atoms. The van der Waals surface area contributed by atoms with Crippen LogP contribution in [0.15, 0.2) is 35.5 Å². The van der Waals surface area contributed by atoms with Crippen molar-refractivity contribution in [3.63, 3.8) is 0 Å². The summed E-state index contributed by atoms with van der Waals surface area (Å²) in [5, 5.41) is 12.4. The maximum absolute atomic E-state index is 12.2. The Hall–Kier alpha value is -1.82. The van der Waals surface area contributed by atoms with Crippen LogP contribution in [0.4, 0.5) is 0 Å². The minimum Gasteiger partial charge on any atom is -0.353 e. The minimum atomic E-state index is 0.0869. The SMILES string of the molecule is CC1CCC(NC(=O)CSc2nnc(-c3ccccc3)n2C)CC1. The van der Waals surface area contributed by atoms with Crippen molar-refractivity contribution >= 4 is 17.7 Å². The van der Waals surface area contributed by atoms with Gasteiger partial charge in [-0.1, -0.05) is 49.0 Å². The molecule has 0 unspecified atom stereocenters. The number of nitrogens with one attached hydrogen (secondary N) is 1. The van der Waals surface area contributed by atoms with Crippen LogP contribution in [-0.2, 0) is 11.8 Å². The number of aromatic nitrogens is 3. The van der Waals surface area contributed by atoms with E-state index in [9.17, 15) is 4.79 Å². The van der Waals surface area contributed by atoms with Crippen LogP contribution in [0.25, 0.3) is 11.4 Å². The summed E-state index contributed by atoms with van der Waals surface area (Å²) in [5.74, 6) is 2.08. The molecule has 0 atom stereocenters. The van der Waals surface area contributed by atoms with Gasteiger partial charge in [0.05, 0.1) is 5.75 Å². The first-order chi connectivity index (χ1) is 11.6. The van der Waals surface area contributed by atoms with Gasteiger partial charge in [0.15, 0.2) is 11.0 Å². The van der Waals surface area contributed by atoms with Gasteiger partial charge in [-0.15, -0.1) is 10.2 Å². The molecule has 1 aliphatic rings. The van der Waals surface area contributed by atoms with E-state index in [-0.39, 0.29) is 5.91 Å². The quantitative estimate of drug-likeness (QED) is 0.846. The first-order valence-electron chi connectivity index (χ1n) is 8.50. The molecule has 1 aromatic heterocycles. The number of amides is 1. The Balaban J connectivity index is 1.53. The molecule has 0 aliphatic heterocycles. The molecule has 1 N–H and O–H groups in total. The van der Waals surface area contributed by atoms with Gasteiger partial charge >= 0.3 is 0 Å². The van der Waals surface area contributed by atoms with Crippen molar-refractivity contribution in [3.05, 3.63) is 30.3 Å². The normalized spacial score (nSPS) is 20.8. The minimum absolute atomic E-state index is 0.0869. The van der Waals surface area contributed by atoms with Crippen molar-refractivity contribution in [1.29, 1.82) is 0 Å². The highest BCUT2D eigenvalue weighted by atomic mass is 32.2. The third-order valence-corrected chi connectivity index (χ3v) is 5.60. The molecule has 128 valence electrons. The summed E-state index contributed by atoms with van der Waals surface area (Å²) < 4.78 is 1.94. The maximum Gasteiger partial charge on any atom is 0.230 e. The van der Waals surface area contributed by atoms with Crippen molar-refractivity contribution in [2.24, 2.45) is 13.0 Å². The molecule has 6 heteroatoms. The summed E-state index contributed by atoms with van der Waals surface area (Å²) in [6.07, 6.45) is 4.61. The Morgan fingerprint density at radius 1 is 1.21 bits per heavy atom. The van der Waals surface area contributed by atoms with E-state index in [1.54, 1.807) is 0 Å². The van der Waals surface area contributed by atoms with Gasteiger partial charge in [0.2, 0.25) is 5.91 Å².